The summed E-state index contributed by atoms with van der Waals surface area (Å²) in [4.78, 5) is 16.1. The van der Waals surface area contributed by atoms with Crippen LogP contribution in [-0.4, -0.2) is 16.6 Å². The van der Waals surface area contributed by atoms with Gasteiger partial charge in [-0.15, -0.1) is 0 Å². The summed E-state index contributed by atoms with van der Waals surface area (Å²) >= 11 is 13.3. The average Bonchev–Trinajstić information content (AvgIpc) is 3.08. The Kier molecular flexibility index (Phi) is 6.02. The molecule has 3 rings (SSSR count). The van der Waals surface area contributed by atoms with Crippen molar-refractivity contribution in [1.29, 1.82) is 0 Å². The number of carbonyl (C=O) groups excluding carboxylic acids is 1. The summed E-state index contributed by atoms with van der Waals surface area (Å²) < 4.78 is 5.65. The van der Waals surface area contributed by atoms with Crippen LogP contribution in [-0.2, 0) is 11.3 Å². The quantitative estimate of drug-likeness (QED) is 0.595. The highest BCUT2D eigenvalue weighted by Gasteiger charge is 2.10. The molecule has 0 aliphatic heterocycles. The number of nitrogens with zero attached hydrogens (tertiary/aromatic N) is 1. The van der Waals surface area contributed by atoms with Gasteiger partial charge in [0.1, 0.15) is 0 Å². The first kappa shape index (κ1) is 17.9. The minimum absolute atomic E-state index is 0.118. The molecule has 4 nitrogen and oxygen atoms in total. The van der Waals surface area contributed by atoms with E-state index in [9.17, 15) is 4.79 Å². The maximum absolute atomic E-state index is 12.0. The largest absolute Gasteiger partial charge is 0.431 e. The van der Waals surface area contributed by atoms with Gasteiger partial charge in [0.25, 0.3) is 5.22 Å². The first-order valence-electron chi connectivity index (χ1n) is 7.46. The van der Waals surface area contributed by atoms with Gasteiger partial charge < -0.3 is 9.73 Å². The van der Waals surface area contributed by atoms with Crippen molar-refractivity contribution in [3.8, 4) is 11.3 Å². The molecule has 7 heteroatoms. The van der Waals surface area contributed by atoms with Crippen molar-refractivity contribution in [2.45, 2.75) is 11.8 Å². The van der Waals surface area contributed by atoms with Crippen molar-refractivity contribution in [3.05, 3.63) is 70.3 Å². The summed E-state index contributed by atoms with van der Waals surface area (Å²) in [6.45, 7) is 0.387. The highest BCUT2D eigenvalue weighted by Crippen LogP contribution is 2.27. The van der Waals surface area contributed by atoms with Gasteiger partial charge in [-0.1, -0.05) is 65.3 Å². The van der Waals surface area contributed by atoms with Gasteiger partial charge in [0, 0.05) is 22.2 Å². The maximum Gasteiger partial charge on any atom is 0.256 e. The molecule has 0 aliphatic carbocycles. The first-order valence-corrected chi connectivity index (χ1v) is 9.20. The molecule has 0 saturated heterocycles. The average molecular weight is 393 g/mol. The van der Waals surface area contributed by atoms with Gasteiger partial charge >= 0.3 is 0 Å². The van der Waals surface area contributed by atoms with E-state index < -0.39 is 0 Å². The molecule has 0 bridgehead atoms. The van der Waals surface area contributed by atoms with Crippen LogP contribution in [0.15, 0.2) is 64.4 Å². The summed E-state index contributed by atoms with van der Waals surface area (Å²) in [5.74, 6) is 0.703. The van der Waals surface area contributed by atoms with E-state index in [0.717, 1.165) is 11.1 Å². The second-order valence-electron chi connectivity index (χ2n) is 5.16. The SMILES string of the molecule is O=C(CSc1ncc(-c2cccc(Cl)c2)o1)NCc1ccccc1Cl. The van der Waals surface area contributed by atoms with Crippen molar-refractivity contribution in [2.24, 2.45) is 0 Å². The first-order chi connectivity index (χ1) is 12.1. The summed E-state index contributed by atoms with van der Waals surface area (Å²) in [7, 11) is 0. The Morgan fingerprint density at radius 2 is 2.00 bits per heavy atom. The minimum Gasteiger partial charge on any atom is -0.431 e. The van der Waals surface area contributed by atoms with E-state index in [-0.39, 0.29) is 11.7 Å². The molecule has 25 heavy (non-hydrogen) atoms. The molecule has 3 aromatic rings. The molecular formula is C18H14Cl2N2O2S. The summed E-state index contributed by atoms with van der Waals surface area (Å²) in [6, 6.07) is 14.7. The highest BCUT2D eigenvalue weighted by molar-refractivity contribution is 7.99. The number of hydrogen-bond donors (Lipinski definition) is 1. The third-order valence-corrected chi connectivity index (χ3v) is 4.80. The Bertz CT molecular complexity index is 883. The lowest BCUT2D eigenvalue weighted by Gasteiger charge is -2.05. The number of aromatic nitrogens is 1. The van der Waals surface area contributed by atoms with Crippen LogP contribution in [0.5, 0.6) is 0 Å². The van der Waals surface area contributed by atoms with Gasteiger partial charge in [-0.25, -0.2) is 4.98 Å². The standard InChI is InChI=1S/C18H14Cl2N2O2S/c19-14-6-3-5-12(8-14)16-10-22-18(24-16)25-11-17(23)21-9-13-4-1-2-7-15(13)20/h1-8,10H,9,11H2,(H,21,23). The van der Waals surface area contributed by atoms with Crippen molar-refractivity contribution in [3.63, 3.8) is 0 Å². The molecule has 1 heterocycles. The van der Waals surface area contributed by atoms with Gasteiger partial charge in [0.05, 0.1) is 11.9 Å². The zero-order valence-corrected chi connectivity index (χ0v) is 15.4. The zero-order chi connectivity index (χ0) is 17.6. The highest BCUT2D eigenvalue weighted by atomic mass is 35.5. The molecule has 0 radical (unpaired) electrons. The maximum atomic E-state index is 12.0. The van der Waals surface area contributed by atoms with Crippen LogP contribution in [0.4, 0.5) is 0 Å². The van der Waals surface area contributed by atoms with Gasteiger partial charge in [-0.3, -0.25) is 4.79 Å². The lowest BCUT2D eigenvalue weighted by molar-refractivity contribution is -0.118. The van der Waals surface area contributed by atoms with E-state index in [1.165, 1.54) is 11.8 Å². The number of rotatable bonds is 6. The molecule has 0 aliphatic rings. The monoisotopic (exact) mass is 392 g/mol. The number of amides is 1. The van der Waals surface area contributed by atoms with E-state index in [2.05, 4.69) is 10.3 Å². The summed E-state index contributed by atoms with van der Waals surface area (Å²) in [5, 5.41) is 4.52. The topological polar surface area (TPSA) is 55.1 Å². The number of benzene rings is 2. The lowest BCUT2D eigenvalue weighted by Crippen LogP contribution is -2.24. The Hall–Kier alpha value is -1.95. The number of thioether (sulfide) groups is 1. The van der Waals surface area contributed by atoms with Crippen molar-refractivity contribution in [2.75, 3.05) is 5.75 Å². The van der Waals surface area contributed by atoms with E-state index >= 15 is 0 Å². The predicted octanol–water partition coefficient (Wildman–Crippen LogP) is 5.06. The molecule has 1 aromatic heterocycles. The predicted molar refractivity (Wildman–Crippen MR) is 101 cm³/mol. The normalized spacial score (nSPS) is 10.6. The fraction of sp³-hybridized carbons (Fsp3) is 0.111. The number of carbonyl (C=O) groups is 1. The van der Waals surface area contributed by atoms with Crippen molar-refractivity contribution < 1.29 is 9.21 Å². The Morgan fingerprint density at radius 1 is 1.16 bits per heavy atom. The van der Waals surface area contributed by atoms with Gasteiger partial charge in [0.2, 0.25) is 5.91 Å². The third kappa shape index (κ3) is 5.01. The second-order valence-corrected chi connectivity index (χ2v) is 6.93. The van der Waals surface area contributed by atoms with E-state index in [1.54, 1.807) is 24.4 Å². The van der Waals surface area contributed by atoms with Gasteiger partial charge in [-0.2, -0.15) is 0 Å². The number of oxazole rings is 1. The molecule has 128 valence electrons. The molecule has 0 spiro atoms. The molecule has 0 atom stereocenters. The second kappa shape index (κ2) is 8.43. The lowest BCUT2D eigenvalue weighted by atomic mass is 10.2. The van der Waals surface area contributed by atoms with E-state index in [0.29, 0.717) is 27.6 Å². The molecule has 0 fully saturated rings. The van der Waals surface area contributed by atoms with E-state index in [4.69, 9.17) is 27.6 Å². The Labute approximate surface area is 159 Å². The van der Waals surface area contributed by atoms with Crippen LogP contribution in [0, 0.1) is 0 Å². The Morgan fingerprint density at radius 3 is 2.80 bits per heavy atom. The number of halogens is 2. The van der Waals surface area contributed by atoms with Crippen molar-refractivity contribution in [1.82, 2.24) is 10.3 Å². The fourth-order valence-electron chi connectivity index (χ4n) is 2.11. The van der Waals surface area contributed by atoms with Gasteiger partial charge in [0.15, 0.2) is 5.76 Å². The van der Waals surface area contributed by atoms with Crippen LogP contribution in [0.3, 0.4) is 0 Å². The molecule has 0 unspecified atom stereocenters. The smallest absolute Gasteiger partial charge is 0.256 e. The number of nitrogens with one attached hydrogen (secondary N) is 1. The van der Waals surface area contributed by atoms with Crippen molar-refractivity contribution >= 4 is 40.9 Å². The molecule has 0 saturated carbocycles. The zero-order valence-electron chi connectivity index (χ0n) is 13.0. The molecule has 1 N–H and O–H groups in total. The van der Waals surface area contributed by atoms with Crippen LogP contribution < -0.4 is 5.32 Å². The third-order valence-electron chi connectivity index (χ3n) is 3.35. The fourth-order valence-corrected chi connectivity index (χ4v) is 3.14. The molecule has 1 amide bonds. The van der Waals surface area contributed by atoms with Crippen LogP contribution >= 0.6 is 35.0 Å². The van der Waals surface area contributed by atoms with Gasteiger partial charge in [-0.05, 0) is 23.8 Å². The number of hydrogen-bond acceptors (Lipinski definition) is 4. The molecule has 2 aromatic carbocycles. The molecular weight excluding hydrogens is 379 g/mol. The van der Waals surface area contributed by atoms with Crippen LogP contribution in [0.2, 0.25) is 10.0 Å². The van der Waals surface area contributed by atoms with Crippen LogP contribution in [0.1, 0.15) is 5.56 Å². The minimum atomic E-state index is -0.118. The van der Waals surface area contributed by atoms with Crippen LogP contribution in [0.25, 0.3) is 11.3 Å². The Balaban J connectivity index is 1.52. The van der Waals surface area contributed by atoms with E-state index in [1.807, 2.05) is 30.3 Å². The summed E-state index contributed by atoms with van der Waals surface area (Å²) in [5.41, 5.74) is 1.72. The summed E-state index contributed by atoms with van der Waals surface area (Å²) in [6.07, 6.45) is 1.62.